The van der Waals surface area contributed by atoms with Crippen molar-refractivity contribution in [2.75, 3.05) is 36.4 Å². The standard InChI is InChI=1S/C25H30Cl2FN5O6/c1-31-18-6-5-15(32(9-7-26)10-8-27)11-17(18)29-21(31)3-2-4-23(35)38-14-20-19(34)12-22(39-20)33-13-16(28)24(36)30-25(33)37/h5-6,11,13,19-20,22,34H,2-4,7-10,12,14H2,1H3,(H,30,36,37)/t19-,20?,22?/m1/s1. The molecule has 4 rings (SSSR count). The number of carbonyl (C=O) groups is 1. The van der Waals surface area contributed by atoms with Crippen LogP contribution in [0.2, 0.25) is 0 Å². The Kier molecular flexibility index (Phi) is 9.65. The molecule has 2 unspecified atom stereocenters. The lowest BCUT2D eigenvalue weighted by atomic mass is 10.2. The van der Waals surface area contributed by atoms with Gasteiger partial charge in [-0.1, -0.05) is 0 Å². The number of aromatic nitrogens is 4. The van der Waals surface area contributed by atoms with E-state index in [4.69, 9.17) is 37.7 Å². The zero-order valence-electron chi connectivity index (χ0n) is 21.3. The van der Waals surface area contributed by atoms with Crippen LogP contribution in [0.25, 0.3) is 11.0 Å². The van der Waals surface area contributed by atoms with Gasteiger partial charge >= 0.3 is 11.7 Å². The lowest BCUT2D eigenvalue weighted by Gasteiger charge is -2.22. The molecule has 0 amide bonds. The van der Waals surface area contributed by atoms with E-state index in [1.165, 1.54) is 0 Å². The maximum absolute atomic E-state index is 13.6. The number of H-pyrrole nitrogens is 1. The molecule has 3 aromatic rings. The minimum Gasteiger partial charge on any atom is -0.463 e. The summed E-state index contributed by atoms with van der Waals surface area (Å²) >= 11 is 11.9. The summed E-state index contributed by atoms with van der Waals surface area (Å²) in [5.41, 5.74) is 0.796. The van der Waals surface area contributed by atoms with Gasteiger partial charge in [-0.3, -0.25) is 19.1 Å². The maximum atomic E-state index is 13.6. The number of anilines is 1. The number of imidazole rings is 1. The first-order valence-electron chi connectivity index (χ1n) is 12.5. The minimum atomic E-state index is -1.15. The SMILES string of the molecule is Cn1c(CCCC(=O)OCC2OC(n3cc(F)c(=O)[nH]c3=O)C[C@H]2O)nc2cc(N(CCCl)CCCl)ccc21. The molecule has 0 bridgehead atoms. The first-order valence-corrected chi connectivity index (χ1v) is 13.6. The smallest absolute Gasteiger partial charge is 0.330 e. The van der Waals surface area contributed by atoms with E-state index in [-0.39, 0.29) is 19.4 Å². The van der Waals surface area contributed by atoms with Crippen molar-refractivity contribution in [3.8, 4) is 0 Å². The highest BCUT2D eigenvalue weighted by Gasteiger charge is 2.36. The van der Waals surface area contributed by atoms with Gasteiger partial charge in [0, 0.05) is 56.8 Å². The van der Waals surface area contributed by atoms with Crippen LogP contribution in [0.1, 0.15) is 31.3 Å². The van der Waals surface area contributed by atoms with Gasteiger partial charge in [0.15, 0.2) is 0 Å². The third-order valence-corrected chi connectivity index (χ3v) is 7.00. The van der Waals surface area contributed by atoms with E-state index in [1.807, 2.05) is 34.8 Å². The van der Waals surface area contributed by atoms with Crippen molar-refractivity contribution in [3.63, 3.8) is 0 Å². The molecule has 39 heavy (non-hydrogen) atoms. The van der Waals surface area contributed by atoms with Gasteiger partial charge in [-0.2, -0.15) is 4.39 Å². The number of hydrogen-bond acceptors (Lipinski definition) is 8. The molecule has 0 radical (unpaired) electrons. The molecule has 1 aliphatic heterocycles. The van der Waals surface area contributed by atoms with Crippen molar-refractivity contribution in [3.05, 3.63) is 56.9 Å². The lowest BCUT2D eigenvalue weighted by molar-refractivity contribution is -0.150. The van der Waals surface area contributed by atoms with Gasteiger partial charge in [-0.15, -0.1) is 23.2 Å². The molecule has 14 heteroatoms. The highest BCUT2D eigenvalue weighted by molar-refractivity contribution is 6.18. The van der Waals surface area contributed by atoms with Crippen LogP contribution >= 0.6 is 23.2 Å². The average molecular weight is 586 g/mol. The number of rotatable bonds is 12. The number of nitrogens with zero attached hydrogens (tertiary/aromatic N) is 4. The van der Waals surface area contributed by atoms with Gasteiger partial charge in [0.1, 0.15) is 24.8 Å². The van der Waals surface area contributed by atoms with Crippen molar-refractivity contribution >= 4 is 45.9 Å². The number of alkyl halides is 2. The van der Waals surface area contributed by atoms with Crippen molar-refractivity contribution in [1.82, 2.24) is 19.1 Å². The maximum Gasteiger partial charge on any atom is 0.330 e. The third kappa shape index (κ3) is 6.81. The van der Waals surface area contributed by atoms with Gasteiger partial charge in [0.05, 0.1) is 23.3 Å². The molecule has 1 fully saturated rings. The molecule has 1 aliphatic rings. The Labute approximate surface area is 233 Å². The van der Waals surface area contributed by atoms with E-state index in [0.29, 0.717) is 37.7 Å². The average Bonchev–Trinajstić information content (AvgIpc) is 3.43. The Morgan fingerprint density at radius 1 is 1.31 bits per heavy atom. The van der Waals surface area contributed by atoms with Crippen LogP contribution in [-0.4, -0.2) is 73.8 Å². The van der Waals surface area contributed by atoms with Gasteiger partial charge < -0.3 is 24.0 Å². The molecule has 3 heterocycles. The summed E-state index contributed by atoms with van der Waals surface area (Å²) in [5.74, 6) is 0.177. The van der Waals surface area contributed by atoms with Crippen LogP contribution in [0, 0.1) is 5.82 Å². The van der Waals surface area contributed by atoms with E-state index in [1.54, 1.807) is 0 Å². The van der Waals surface area contributed by atoms with E-state index in [2.05, 4.69) is 4.90 Å². The largest absolute Gasteiger partial charge is 0.463 e. The number of ether oxygens (including phenoxy) is 2. The molecule has 1 saturated heterocycles. The van der Waals surface area contributed by atoms with Gasteiger partial charge in [0.2, 0.25) is 5.82 Å². The number of halogens is 3. The second-order valence-corrected chi connectivity index (χ2v) is 9.99. The summed E-state index contributed by atoms with van der Waals surface area (Å²) < 4.78 is 27.3. The van der Waals surface area contributed by atoms with Crippen molar-refractivity contribution in [2.24, 2.45) is 7.05 Å². The van der Waals surface area contributed by atoms with Crippen LogP contribution in [0.15, 0.2) is 34.0 Å². The molecule has 212 valence electrons. The second kappa shape index (κ2) is 12.9. The molecule has 0 spiro atoms. The number of benzene rings is 1. The monoisotopic (exact) mass is 585 g/mol. The van der Waals surface area contributed by atoms with Crippen molar-refractivity contribution in [2.45, 2.75) is 44.1 Å². The molecular weight excluding hydrogens is 556 g/mol. The number of aryl methyl sites for hydroxylation is 2. The first kappa shape index (κ1) is 29.1. The summed E-state index contributed by atoms with van der Waals surface area (Å²) in [6.07, 6.45) is -1.07. The fraction of sp³-hybridized carbons (Fsp3) is 0.520. The second-order valence-electron chi connectivity index (χ2n) is 9.24. The van der Waals surface area contributed by atoms with E-state index in [0.717, 1.165) is 33.3 Å². The predicted molar refractivity (Wildman–Crippen MR) is 144 cm³/mol. The summed E-state index contributed by atoms with van der Waals surface area (Å²) in [7, 11) is 1.92. The Hall–Kier alpha value is -2.93. The van der Waals surface area contributed by atoms with E-state index >= 15 is 0 Å². The lowest BCUT2D eigenvalue weighted by Crippen LogP contribution is -2.34. The van der Waals surface area contributed by atoms with Crippen molar-refractivity contribution in [1.29, 1.82) is 0 Å². The molecule has 1 aromatic carbocycles. The molecule has 11 nitrogen and oxygen atoms in total. The quantitative estimate of drug-likeness (QED) is 0.244. The number of carbonyl (C=O) groups excluding carboxylic acids is 1. The Balaban J connectivity index is 1.28. The number of esters is 1. The third-order valence-electron chi connectivity index (χ3n) is 6.66. The fourth-order valence-electron chi connectivity index (χ4n) is 4.58. The summed E-state index contributed by atoms with van der Waals surface area (Å²) in [6.45, 7) is 1.12. The number of fused-ring (bicyclic) bond motifs is 1. The van der Waals surface area contributed by atoms with E-state index in [9.17, 15) is 23.9 Å². The number of nitrogens with one attached hydrogen (secondary N) is 1. The molecular formula is C25H30Cl2FN5O6. The summed E-state index contributed by atoms with van der Waals surface area (Å²) in [5, 5.41) is 10.3. The molecule has 3 atom stereocenters. The number of aliphatic hydroxyl groups excluding tert-OH is 1. The van der Waals surface area contributed by atoms with Crippen LogP contribution in [0.4, 0.5) is 10.1 Å². The zero-order chi connectivity index (χ0) is 28.1. The minimum absolute atomic E-state index is 0.0302. The molecule has 0 saturated carbocycles. The molecule has 2 N–H and O–H groups in total. The number of hydrogen-bond donors (Lipinski definition) is 2. The van der Waals surface area contributed by atoms with Crippen LogP contribution < -0.4 is 16.1 Å². The predicted octanol–water partition coefficient (Wildman–Crippen LogP) is 2.06. The Morgan fingerprint density at radius 2 is 2.05 bits per heavy atom. The van der Waals surface area contributed by atoms with Crippen LogP contribution in [0.3, 0.4) is 0 Å². The Morgan fingerprint density at radius 3 is 2.77 bits per heavy atom. The molecule has 0 aliphatic carbocycles. The normalized spacial score (nSPS) is 19.1. The van der Waals surface area contributed by atoms with Gasteiger partial charge in [0.25, 0.3) is 5.56 Å². The van der Waals surface area contributed by atoms with Gasteiger partial charge in [-0.25, -0.2) is 9.78 Å². The van der Waals surface area contributed by atoms with Crippen molar-refractivity contribution < 1.29 is 23.8 Å². The summed E-state index contributed by atoms with van der Waals surface area (Å²) in [6, 6.07) is 6.01. The van der Waals surface area contributed by atoms with E-state index < -0.39 is 41.5 Å². The summed E-state index contributed by atoms with van der Waals surface area (Å²) in [4.78, 5) is 44.2. The van der Waals surface area contributed by atoms with Gasteiger partial charge in [-0.05, 0) is 24.6 Å². The molecule has 2 aromatic heterocycles. The number of aliphatic hydroxyl groups is 1. The zero-order valence-corrected chi connectivity index (χ0v) is 22.8. The first-order chi connectivity index (χ1) is 18.7. The highest BCUT2D eigenvalue weighted by atomic mass is 35.5. The highest BCUT2D eigenvalue weighted by Crippen LogP contribution is 2.28. The number of aromatic amines is 1. The fourth-order valence-corrected chi connectivity index (χ4v) is 4.99. The van der Waals surface area contributed by atoms with Crippen LogP contribution in [0.5, 0.6) is 0 Å². The van der Waals surface area contributed by atoms with Crippen LogP contribution in [-0.2, 0) is 27.7 Å². The Bertz CT molecular complexity index is 1420. The topological polar surface area (TPSA) is 132 Å².